The molecule has 1 rings (SSSR count). The van der Waals surface area contributed by atoms with Crippen molar-refractivity contribution >= 4 is 19.9 Å². The molecule has 0 aromatic heterocycles. The first-order chi connectivity index (χ1) is 12.3. The van der Waals surface area contributed by atoms with Crippen molar-refractivity contribution < 1.29 is 16.8 Å². The van der Waals surface area contributed by atoms with E-state index in [1.165, 1.54) is 0 Å². The number of benzene rings is 1. The number of hydrogen-bond acceptors (Lipinski definition) is 4. The number of sulfonamides is 1. The molecule has 0 amide bonds. The summed E-state index contributed by atoms with van der Waals surface area (Å²) in [7, 11) is -6.48. The van der Waals surface area contributed by atoms with Crippen LogP contribution in [-0.4, -0.2) is 33.4 Å². The van der Waals surface area contributed by atoms with Gasteiger partial charge in [0.15, 0.2) is 9.84 Å². The molecule has 0 saturated heterocycles. The molecule has 0 fully saturated rings. The van der Waals surface area contributed by atoms with E-state index in [0.29, 0.717) is 11.3 Å². The highest BCUT2D eigenvalue weighted by Gasteiger charge is 2.27. The van der Waals surface area contributed by atoms with Crippen LogP contribution >= 0.6 is 0 Å². The average molecular weight is 418 g/mol. The van der Waals surface area contributed by atoms with Crippen LogP contribution in [0.5, 0.6) is 0 Å². The maximum atomic E-state index is 12.2. The summed E-state index contributed by atoms with van der Waals surface area (Å²) in [6.45, 7) is 8.83. The molecule has 0 heterocycles. The summed E-state index contributed by atoms with van der Waals surface area (Å²) in [6, 6.07) is 6.94. The fourth-order valence-corrected chi connectivity index (χ4v) is 5.22. The molecule has 0 bridgehead atoms. The van der Waals surface area contributed by atoms with E-state index in [4.69, 9.17) is 0 Å². The molecule has 0 unspecified atom stereocenters. The number of nitrogens with one attached hydrogen (secondary N) is 1. The maximum absolute atomic E-state index is 12.2. The van der Waals surface area contributed by atoms with E-state index in [2.05, 4.69) is 4.72 Å². The van der Waals surface area contributed by atoms with E-state index in [0.717, 1.165) is 37.7 Å². The van der Waals surface area contributed by atoms with Gasteiger partial charge < -0.3 is 0 Å². The molecule has 0 saturated carbocycles. The minimum Gasteiger partial charge on any atom is -0.228 e. The minimum atomic E-state index is -3.46. The van der Waals surface area contributed by atoms with Crippen LogP contribution in [0.25, 0.3) is 0 Å². The van der Waals surface area contributed by atoms with E-state index in [9.17, 15) is 16.8 Å². The summed E-state index contributed by atoms with van der Waals surface area (Å²) in [6.07, 6.45) is 5.40. The molecule has 0 atom stereocenters. The van der Waals surface area contributed by atoms with Crippen LogP contribution in [0.2, 0.25) is 0 Å². The monoisotopic (exact) mass is 417 g/mol. The van der Waals surface area contributed by atoms with Crippen LogP contribution in [0, 0.1) is 0 Å². The first kappa shape index (κ1) is 24.1. The molecule has 1 N–H and O–H groups in total. The average Bonchev–Trinajstić information content (AvgIpc) is 2.52. The Morgan fingerprint density at radius 1 is 0.926 bits per heavy atom. The molecule has 5 nitrogen and oxygen atoms in total. The lowest BCUT2D eigenvalue weighted by Crippen LogP contribution is -2.30. The third kappa shape index (κ3) is 8.32. The van der Waals surface area contributed by atoms with Gasteiger partial charge in [0.25, 0.3) is 0 Å². The van der Waals surface area contributed by atoms with E-state index in [1.54, 1.807) is 52.8 Å². The smallest absolute Gasteiger partial charge is 0.228 e. The van der Waals surface area contributed by atoms with Crippen molar-refractivity contribution in [2.75, 3.05) is 5.75 Å². The zero-order valence-corrected chi connectivity index (χ0v) is 18.9. The SMILES string of the molecule is CC(C)NS(=O)(=O)c1cccc(CCCCCCCS(=O)(=O)C(C)(C)C)c1. The summed E-state index contributed by atoms with van der Waals surface area (Å²) in [5.74, 6) is 0.249. The van der Waals surface area contributed by atoms with Gasteiger partial charge in [0.1, 0.15) is 0 Å². The summed E-state index contributed by atoms with van der Waals surface area (Å²) >= 11 is 0. The van der Waals surface area contributed by atoms with Crippen LogP contribution in [0.15, 0.2) is 29.2 Å². The van der Waals surface area contributed by atoms with Crippen molar-refractivity contribution in [1.82, 2.24) is 4.72 Å². The quantitative estimate of drug-likeness (QED) is 0.550. The van der Waals surface area contributed by atoms with Crippen molar-refractivity contribution in [2.24, 2.45) is 0 Å². The standard InChI is InChI=1S/C20H35NO4S2/c1-17(2)21-27(24,25)19-14-11-13-18(16-19)12-9-7-6-8-10-15-26(22,23)20(3,4)5/h11,13-14,16-17,21H,6-10,12,15H2,1-5H3. The van der Waals surface area contributed by atoms with Gasteiger partial charge in [-0.3, -0.25) is 0 Å². The van der Waals surface area contributed by atoms with Crippen molar-refractivity contribution in [2.45, 2.75) is 88.8 Å². The third-order valence-corrected chi connectivity index (χ3v) is 8.76. The van der Waals surface area contributed by atoms with Crippen molar-refractivity contribution in [3.05, 3.63) is 29.8 Å². The highest BCUT2D eigenvalue weighted by molar-refractivity contribution is 7.92. The van der Waals surface area contributed by atoms with Crippen LogP contribution in [-0.2, 0) is 26.3 Å². The van der Waals surface area contributed by atoms with Gasteiger partial charge in [0.2, 0.25) is 10.0 Å². The highest BCUT2D eigenvalue weighted by Crippen LogP contribution is 2.19. The van der Waals surface area contributed by atoms with Gasteiger partial charge >= 0.3 is 0 Å². The summed E-state index contributed by atoms with van der Waals surface area (Å²) in [5.41, 5.74) is 1.01. The molecule has 0 radical (unpaired) electrons. The molecule has 27 heavy (non-hydrogen) atoms. The van der Waals surface area contributed by atoms with Gasteiger partial charge in [-0.05, 0) is 71.6 Å². The number of rotatable bonds is 11. The van der Waals surface area contributed by atoms with Crippen LogP contribution < -0.4 is 4.72 Å². The lowest BCUT2D eigenvalue weighted by molar-refractivity contribution is 0.552. The van der Waals surface area contributed by atoms with Gasteiger partial charge in [-0.25, -0.2) is 21.6 Å². The van der Waals surface area contributed by atoms with Gasteiger partial charge in [-0.15, -0.1) is 0 Å². The summed E-state index contributed by atoms with van der Waals surface area (Å²) < 4.78 is 50.5. The minimum absolute atomic E-state index is 0.138. The summed E-state index contributed by atoms with van der Waals surface area (Å²) in [5, 5.41) is 0. The van der Waals surface area contributed by atoms with Gasteiger partial charge in [0.05, 0.1) is 15.4 Å². The Morgan fingerprint density at radius 3 is 2.11 bits per heavy atom. The number of sulfone groups is 1. The maximum Gasteiger partial charge on any atom is 0.240 e. The Kier molecular flexibility index (Phi) is 8.96. The second-order valence-electron chi connectivity index (χ2n) is 8.37. The van der Waals surface area contributed by atoms with Crippen LogP contribution in [0.4, 0.5) is 0 Å². The first-order valence-electron chi connectivity index (χ1n) is 9.69. The van der Waals surface area contributed by atoms with Crippen LogP contribution in [0.1, 0.15) is 72.3 Å². The van der Waals surface area contributed by atoms with Crippen molar-refractivity contribution in [1.29, 1.82) is 0 Å². The molecule has 0 aliphatic heterocycles. The second-order valence-corrected chi connectivity index (χ2v) is 12.9. The van der Waals surface area contributed by atoms with E-state index in [1.807, 2.05) is 6.07 Å². The van der Waals surface area contributed by atoms with Gasteiger partial charge in [0, 0.05) is 6.04 Å². The molecule has 0 aliphatic rings. The molecule has 1 aromatic carbocycles. The molecular weight excluding hydrogens is 382 g/mol. The Bertz CT molecular complexity index is 792. The van der Waals surface area contributed by atoms with Gasteiger partial charge in [-0.2, -0.15) is 0 Å². The molecule has 0 spiro atoms. The molecule has 0 aliphatic carbocycles. The Morgan fingerprint density at radius 2 is 1.52 bits per heavy atom. The number of aryl methyl sites for hydroxylation is 1. The second kappa shape index (κ2) is 10.0. The van der Waals surface area contributed by atoms with E-state index < -0.39 is 24.6 Å². The highest BCUT2D eigenvalue weighted by atomic mass is 32.2. The Hall–Kier alpha value is -0.920. The lowest BCUT2D eigenvalue weighted by Gasteiger charge is -2.18. The zero-order chi connectivity index (χ0) is 20.7. The molecule has 156 valence electrons. The van der Waals surface area contributed by atoms with Crippen molar-refractivity contribution in [3.8, 4) is 0 Å². The molecule has 7 heteroatoms. The molecule has 1 aromatic rings. The third-order valence-electron chi connectivity index (χ3n) is 4.41. The lowest BCUT2D eigenvalue weighted by atomic mass is 10.1. The molecular formula is C20H35NO4S2. The van der Waals surface area contributed by atoms with E-state index >= 15 is 0 Å². The predicted molar refractivity (Wildman–Crippen MR) is 112 cm³/mol. The summed E-state index contributed by atoms with van der Waals surface area (Å²) in [4.78, 5) is 0.307. The largest absolute Gasteiger partial charge is 0.240 e. The Labute approximate surface area is 165 Å². The zero-order valence-electron chi connectivity index (χ0n) is 17.3. The predicted octanol–water partition coefficient (Wildman–Crippen LogP) is 4.08. The topological polar surface area (TPSA) is 80.3 Å². The van der Waals surface area contributed by atoms with Crippen LogP contribution in [0.3, 0.4) is 0 Å². The number of unbranched alkanes of at least 4 members (excludes halogenated alkanes) is 4. The van der Waals surface area contributed by atoms with Gasteiger partial charge in [-0.1, -0.05) is 31.4 Å². The Balaban J connectivity index is 2.39. The fourth-order valence-electron chi connectivity index (χ4n) is 2.70. The fraction of sp³-hybridized carbons (Fsp3) is 0.700. The number of hydrogen-bond donors (Lipinski definition) is 1. The van der Waals surface area contributed by atoms with Crippen molar-refractivity contribution in [3.63, 3.8) is 0 Å². The van der Waals surface area contributed by atoms with E-state index in [-0.39, 0.29) is 11.8 Å². The first-order valence-corrected chi connectivity index (χ1v) is 12.8. The normalized spacial score (nSPS) is 13.3.